The lowest BCUT2D eigenvalue weighted by Crippen LogP contribution is -2.47. The summed E-state index contributed by atoms with van der Waals surface area (Å²) in [5, 5.41) is 10.2. The number of fused-ring (bicyclic) bond motifs is 2. The minimum atomic E-state index is -0.214. The zero-order valence-electron chi connectivity index (χ0n) is 13.4. The van der Waals surface area contributed by atoms with Gasteiger partial charge in [0, 0.05) is 43.7 Å². The SMILES string of the molecule is O=C(c1ccccc1N1CCOCC1)N1C[C@H]2CC[C@@H](C1)C2O. The van der Waals surface area contributed by atoms with Crippen molar-refractivity contribution in [2.75, 3.05) is 44.3 Å². The average Bonchev–Trinajstić information content (AvgIpc) is 2.83. The number of aliphatic hydroxyl groups is 1. The van der Waals surface area contributed by atoms with Gasteiger partial charge in [-0.15, -0.1) is 0 Å². The summed E-state index contributed by atoms with van der Waals surface area (Å²) < 4.78 is 5.42. The molecule has 1 N–H and O–H groups in total. The Bertz CT molecular complexity index is 571. The second-order valence-corrected chi connectivity index (χ2v) is 6.91. The average molecular weight is 316 g/mol. The Morgan fingerprint density at radius 2 is 1.74 bits per heavy atom. The monoisotopic (exact) mass is 316 g/mol. The minimum Gasteiger partial charge on any atom is -0.392 e. The highest BCUT2D eigenvalue weighted by Gasteiger charge is 2.42. The van der Waals surface area contributed by atoms with E-state index in [4.69, 9.17) is 4.74 Å². The second kappa shape index (κ2) is 6.13. The van der Waals surface area contributed by atoms with Crippen LogP contribution in [0, 0.1) is 11.8 Å². The molecule has 2 bridgehead atoms. The number of likely N-dealkylation sites (tertiary alicyclic amines) is 1. The number of piperidine rings is 1. The van der Waals surface area contributed by atoms with Crippen molar-refractivity contribution in [1.29, 1.82) is 0 Å². The first kappa shape index (κ1) is 15.0. The number of rotatable bonds is 2. The lowest BCUT2D eigenvalue weighted by molar-refractivity contribution is 0.0166. The molecular weight excluding hydrogens is 292 g/mol. The number of hydrogen-bond donors (Lipinski definition) is 1. The summed E-state index contributed by atoms with van der Waals surface area (Å²) in [5.74, 6) is 0.623. The Morgan fingerprint density at radius 1 is 1.09 bits per heavy atom. The Balaban J connectivity index is 1.57. The predicted octanol–water partition coefficient (Wildman–Crippen LogP) is 1.37. The third-order valence-corrected chi connectivity index (χ3v) is 5.56. The van der Waals surface area contributed by atoms with Gasteiger partial charge in [-0.05, 0) is 25.0 Å². The highest BCUT2D eigenvalue weighted by Crippen LogP contribution is 2.37. The number of ether oxygens (including phenoxy) is 1. The van der Waals surface area contributed by atoms with E-state index < -0.39 is 0 Å². The Labute approximate surface area is 136 Å². The van der Waals surface area contributed by atoms with E-state index in [1.165, 1.54) is 0 Å². The standard InChI is InChI=1S/C18H24N2O3/c21-17-13-5-6-14(17)12-20(11-13)18(22)15-3-1-2-4-16(15)19-7-9-23-10-8-19/h1-4,13-14,17,21H,5-12H2/t13-,14+,17?. The number of para-hydroxylation sites is 1. The fourth-order valence-corrected chi connectivity index (χ4v) is 4.26. The number of anilines is 1. The molecule has 1 saturated carbocycles. The van der Waals surface area contributed by atoms with Crippen LogP contribution < -0.4 is 4.90 Å². The zero-order valence-corrected chi connectivity index (χ0v) is 13.4. The molecule has 1 unspecified atom stereocenters. The van der Waals surface area contributed by atoms with Gasteiger partial charge in [0.05, 0.1) is 24.9 Å². The molecule has 4 rings (SSSR count). The molecule has 0 aromatic heterocycles. The minimum absolute atomic E-state index is 0.107. The zero-order chi connectivity index (χ0) is 15.8. The van der Waals surface area contributed by atoms with Crippen molar-refractivity contribution in [1.82, 2.24) is 4.90 Å². The summed E-state index contributed by atoms with van der Waals surface area (Å²) in [5.41, 5.74) is 1.80. The summed E-state index contributed by atoms with van der Waals surface area (Å²) in [6, 6.07) is 7.89. The van der Waals surface area contributed by atoms with Crippen LogP contribution in [-0.2, 0) is 4.74 Å². The first-order valence-electron chi connectivity index (χ1n) is 8.63. The Hall–Kier alpha value is -1.59. The normalized spacial score (nSPS) is 30.6. The Kier molecular flexibility index (Phi) is 3.99. The third-order valence-electron chi connectivity index (χ3n) is 5.56. The van der Waals surface area contributed by atoms with Crippen molar-refractivity contribution in [3.63, 3.8) is 0 Å². The molecule has 1 aromatic carbocycles. The highest BCUT2D eigenvalue weighted by atomic mass is 16.5. The van der Waals surface area contributed by atoms with Gasteiger partial charge in [0.2, 0.25) is 0 Å². The number of carbonyl (C=O) groups excluding carboxylic acids is 1. The van der Waals surface area contributed by atoms with Gasteiger partial charge >= 0.3 is 0 Å². The molecule has 124 valence electrons. The molecule has 5 heteroatoms. The Morgan fingerprint density at radius 3 is 2.43 bits per heavy atom. The van der Waals surface area contributed by atoms with Crippen LogP contribution in [-0.4, -0.2) is 61.4 Å². The van der Waals surface area contributed by atoms with Gasteiger partial charge in [-0.25, -0.2) is 0 Å². The third kappa shape index (κ3) is 2.72. The number of benzene rings is 1. The van der Waals surface area contributed by atoms with Gasteiger partial charge in [0.15, 0.2) is 0 Å². The van der Waals surface area contributed by atoms with Crippen LogP contribution in [0.5, 0.6) is 0 Å². The van der Waals surface area contributed by atoms with Crippen LogP contribution in [0.25, 0.3) is 0 Å². The van der Waals surface area contributed by atoms with E-state index in [0.29, 0.717) is 26.3 Å². The number of morpholine rings is 1. The van der Waals surface area contributed by atoms with Crippen LogP contribution in [0.15, 0.2) is 24.3 Å². The molecule has 23 heavy (non-hydrogen) atoms. The molecule has 5 nitrogen and oxygen atoms in total. The van der Waals surface area contributed by atoms with E-state index >= 15 is 0 Å². The first-order chi connectivity index (χ1) is 11.2. The summed E-state index contributed by atoms with van der Waals surface area (Å²) >= 11 is 0. The molecular formula is C18H24N2O3. The van der Waals surface area contributed by atoms with Crippen molar-refractivity contribution in [3.05, 3.63) is 29.8 Å². The largest absolute Gasteiger partial charge is 0.392 e. The van der Waals surface area contributed by atoms with Crippen LogP contribution in [0.2, 0.25) is 0 Å². The number of nitrogens with zero attached hydrogens (tertiary/aromatic N) is 2. The van der Waals surface area contributed by atoms with E-state index in [1.54, 1.807) is 0 Å². The van der Waals surface area contributed by atoms with E-state index in [9.17, 15) is 9.90 Å². The van der Waals surface area contributed by atoms with Crippen molar-refractivity contribution in [2.45, 2.75) is 18.9 Å². The molecule has 1 amide bonds. The maximum absolute atomic E-state index is 13.1. The highest BCUT2D eigenvalue weighted by molar-refractivity contribution is 6.00. The van der Waals surface area contributed by atoms with E-state index in [-0.39, 0.29) is 23.8 Å². The maximum atomic E-state index is 13.1. The van der Waals surface area contributed by atoms with Gasteiger partial charge < -0.3 is 19.6 Å². The van der Waals surface area contributed by atoms with Gasteiger partial charge in [0.25, 0.3) is 5.91 Å². The fourth-order valence-electron chi connectivity index (χ4n) is 4.26. The van der Waals surface area contributed by atoms with Gasteiger partial charge in [0.1, 0.15) is 0 Å². The fraction of sp³-hybridized carbons (Fsp3) is 0.611. The summed E-state index contributed by atoms with van der Waals surface area (Å²) in [6.07, 6.45) is 1.87. The van der Waals surface area contributed by atoms with Crippen LogP contribution in [0.4, 0.5) is 5.69 Å². The molecule has 1 aliphatic carbocycles. The topological polar surface area (TPSA) is 53.0 Å². The van der Waals surface area contributed by atoms with E-state index in [2.05, 4.69) is 4.90 Å². The van der Waals surface area contributed by atoms with Gasteiger partial charge in [-0.1, -0.05) is 12.1 Å². The lowest BCUT2D eigenvalue weighted by Gasteiger charge is -2.37. The molecule has 1 aromatic rings. The molecule has 3 atom stereocenters. The molecule has 2 aliphatic heterocycles. The molecule has 3 aliphatic rings. The van der Waals surface area contributed by atoms with Crippen molar-refractivity contribution >= 4 is 11.6 Å². The van der Waals surface area contributed by atoms with E-state index in [1.807, 2.05) is 29.2 Å². The van der Waals surface area contributed by atoms with Crippen molar-refractivity contribution in [2.24, 2.45) is 11.8 Å². The van der Waals surface area contributed by atoms with Crippen LogP contribution >= 0.6 is 0 Å². The van der Waals surface area contributed by atoms with E-state index in [0.717, 1.165) is 37.2 Å². The number of amides is 1. The number of hydrogen-bond acceptors (Lipinski definition) is 4. The predicted molar refractivity (Wildman–Crippen MR) is 87.6 cm³/mol. The molecule has 0 spiro atoms. The number of aliphatic hydroxyl groups excluding tert-OH is 1. The molecule has 3 fully saturated rings. The van der Waals surface area contributed by atoms with Gasteiger partial charge in [-0.2, -0.15) is 0 Å². The molecule has 2 heterocycles. The molecule has 2 saturated heterocycles. The number of carbonyl (C=O) groups is 1. The van der Waals surface area contributed by atoms with Crippen molar-refractivity contribution < 1.29 is 14.6 Å². The molecule has 0 radical (unpaired) electrons. The maximum Gasteiger partial charge on any atom is 0.255 e. The summed E-state index contributed by atoms with van der Waals surface area (Å²) in [7, 11) is 0. The van der Waals surface area contributed by atoms with Gasteiger partial charge in [-0.3, -0.25) is 4.79 Å². The quantitative estimate of drug-likeness (QED) is 0.895. The smallest absolute Gasteiger partial charge is 0.255 e. The lowest BCUT2D eigenvalue weighted by atomic mass is 9.94. The first-order valence-corrected chi connectivity index (χ1v) is 8.63. The van der Waals surface area contributed by atoms with Crippen molar-refractivity contribution in [3.8, 4) is 0 Å². The summed E-state index contributed by atoms with van der Waals surface area (Å²) in [6.45, 7) is 4.45. The van der Waals surface area contributed by atoms with Crippen LogP contribution in [0.1, 0.15) is 23.2 Å². The van der Waals surface area contributed by atoms with Crippen LogP contribution in [0.3, 0.4) is 0 Å². The summed E-state index contributed by atoms with van der Waals surface area (Å²) in [4.78, 5) is 17.3. The second-order valence-electron chi connectivity index (χ2n) is 6.91.